The molecule has 1 aromatic rings. The molecule has 1 aromatic carbocycles. The number of hydrogen-bond donors (Lipinski definition) is 0. The molecular formula is C16H15F3O2. The van der Waals surface area contributed by atoms with Gasteiger partial charge in [-0.3, -0.25) is 0 Å². The molecule has 112 valence electrons. The maximum absolute atomic E-state index is 12.6. The molecule has 0 saturated carbocycles. The fourth-order valence-corrected chi connectivity index (χ4v) is 2.57. The van der Waals surface area contributed by atoms with Gasteiger partial charge in [-0.2, -0.15) is 13.2 Å². The van der Waals surface area contributed by atoms with E-state index >= 15 is 0 Å². The van der Waals surface area contributed by atoms with Crippen LogP contribution in [0.4, 0.5) is 13.2 Å². The Morgan fingerprint density at radius 2 is 1.62 bits per heavy atom. The summed E-state index contributed by atoms with van der Waals surface area (Å²) in [7, 11) is 0. The van der Waals surface area contributed by atoms with Gasteiger partial charge in [0.25, 0.3) is 0 Å². The first-order valence-electron chi connectivity index (χ1n) is 6.68. The molecule has 1 aliphatic carbocycles. The number of ether oxygens (including phenoxy) is 2. The zero-order chi connectivity index (χ0) is 15.3. The molecule has 0 N–H and O–H groups in total. The lowest BCUT2D eigenvalue weighted by molar-refractivity contribution is -0.139. The van der Waals surface area contributed by atoms with Crippen LogP contribution in [0, 0.1) is 0 Å². The molecule has 21 heavy (non-hydrogen) atoms. The van der Waals surface area contributed by atoms with Gasteiger partial charge < -0.3 is 9.47 Å². The third-order valence-corrected chi connectivity index (χ3v) is 3.52. The molecule has 5 heteroatoms. The van der Waals surface area contributed by atoms with Crippen molar-refractivity contribution < 1.29 is 22.6 Å². The predicted molar refractivity (Wildman–Crippen MR) is 72.4 cm³/mol. The van der Waals surface area contributed by atoms with E-state index in [1.807, 2.05) is 32.1 Å². The van der Waals surface area contributed by atoms with Crippen LogP contribution in [0.1, 0.15) is 25.0 Å². The van der Waals surface area contributed by atoms with Gasteiger partial charge in [0.05, 0.1) is 5.56 Å². The van der Waals surface area contributed by atoms with Gasteiger partial charge in [0.15, 0.2) is 5.79 Å². The van der Waals surface area contributed by atoms with Crippen molar-refractivity contribution in [2.24, 2.45) is 0 Å². The molecule has 1 fully saturated rings. The number of benzene rings is 1. The Morgan fingerprint density at radius 1 is 1.00 bits per heavy atom. The summed E-state index contributed by atoms with van der Waals surface area (Å²) in [6, 6.07) is 5.12. The second-order valence-electron chi connectivity index (χ2n) is 5.62. The van der Waals surface area contributed by atoms with Crippen LogP contribution < -0.4 is 0 Å². The number of fused-ring (bicyclic) bond motifs is 1. The van der Waals surface area contributed by atoms with Crippen molar-refractivity contribution in [3.63, 3.8) is 0 Å². The van der Waals surface area contributed by atoms with Gasteiger partial charge in [-0.1, -0.05) is 24.3 Å². The number of halogens is 3. The van der Waals surface area contributed by atoms with Gasteiger partial charge in [-0.25, -0.2) is 0 Å². The first-order valence-corrected chi connectivity index (χ1v) is 6.68. The fourth-order valence-electron chi connectivity index (χ4n) is 2.57. The molecule has 0 amide bonds. The lowest BCUT2D eigenvalue weighted by atomic mass is 9.96. The third kappa shape index (κ3) is 2.89. The van der Waals surface area contributed by atoms with E-state index in [-0.39, 0.29) is 12.2 Å². The normalized spacial score (nSPS) is 27.4. The second-order valence-corrected chi connectivity index (χ2v) is 5.62. The van der Waals surface area contributed by atoms with Crippen molar-refractivity contribution in [3.05, 3.63) is 53.6 Å². The third-order valence-electron chi connectivity index (χ3n) is 3.52. The molecule has 2 atom stereocenters. The van der Waals surface area contributed by atoms with Crippen LogP contribution in [0.2, 0.25) is 0 Å². The summed E-state index contributed by atoms with van der Waals surface area (Å²) in [6.45, 7) is 3.68. The Morgan fingerprint density at radius 3 is 2.24 bits per heavy atom. The van der Waals surface area contributed by atoms with E-state index in [0.29, 0.717) is 0 Å². The van der Waals surface area contributed by atoms with Crippen LogP contribution in [0.15, 0.2) is 42.5 Å². The van der Waals surface area contributed by atoms with Gasteiger partial charge in [0.2, 0.25) is 0 Å². The van der Waals surface area contributed by atoms with Crippen LogP contribution in [-0.2, 0) is 15.7 Å². The van der Waals surface area contributed by atoms with Crippen molar-refractivity contribution in [1.29, 1.82) is 0 Å². The van der Waals surface area contributed by atoms with Gasteiger partial charge in [-0.15, -0.1) is 0 Å². The smallest absolute Gasteiger partial charge is 0.340 e. The van der Waals surface area contributed by atoms with Crippen molar-refractivity contribution in [3.8, 4) is 0 Å². The van der Waals surface area contributed by atoms with Crippen LogP contribution in [-0.4, -0.2) is 18.0 Å². The van der Waals surface area contributed by atoms with Crippen LogP contribution in [0.5, 0.6) is 0 Å². The van der Waals surface area contributed by atoms with Crippen LogP contribution >= 0.6 is 0 Å². The number of hydrogen-bond acceptors (Lipinski definition) is 2. The molecule has 3 rings (SSSR count). The Kier molecular flexibility index (Phi) is 3.22. The molecule has 1 saturated heterocycles. The molecule has 1 heterocycles. The molecule has 2 aliphatic rings. The lowest BCUT2D eigenvalue weighted by Gasteiger charge is -2.17. The molecule has 0 radical (unpaired) electrons. The first-order chi connectivity index (χ1) is 9.74. The maximum atomic E-state index is 12.6. The minimum absolute atomic E-state index is 0.141. The van der Waals surface area contributed by atoms with E-state index in [9.17, 15) is 13.2 Å². The van der Waals surface area contributed by atoms with Gasteiger partial charge >= 0.3 is 6.18 Å². The van der Waals surface area contributed by atoms with E-state index < -0.39 is 17.5 Å². The Labute approximate surface area is 120 Å². The summed E-state index contributed by atoms with van der Waals surface area (Å²) >= 11 is 0. The average molecular weight is 296 g/mol. The monoisotopic (exact) mass is 296 g/mol. The van der Waals surface area contributed by atoms with E-state index in [1.165, 1.54) is 12.1 Å². The largest absolute Gasteiger partial charge is 0.416 e. The summed E-state index contributed by atoms with van der Waals surface area (Å²) in [5.41, 5.74) is 0.920. The summed E-state index contributed by atoms with van der Waals surface area (Å²) in [5, 5.41) is 0. The Bertz CT molecular complexity index is 597. The van der Waals surface area contributed by atoms with Gasteiger partial charge in [-0.05, 0) is 43.2 Å². The summed E-state index contributed by atoms with van der Waals surface area (Å²) < 4.78 is 49.1. The highest BCUT2D eigenvalue weighted by Gasteiger charge is 2.40. The average Bonchev–Trinajstić information content (AvgIpc) is 2.70. The number of alkyl halides is 3. The van der Waals surface area contributed by atoms with Gasteiger partial charge in [0, 0.05) is 0 Å². The highest BCUT2D eigenvalue weighted by atomic mass is 19.4. The Balaban J connectivity index is 1.84. The van der Waals surface area contributed by atoms with E-state index in [4.69, 9.17) is 9.47 Å². The molecule has 0 bridgehead atoms. The zero-order valence-corrected chi connectivity index (χ0v) is 11.6. The minimum atomic E-state index is -4.31. The van der Waals surface area contributed by atoms with E-state index in [2.05, 4.69) is 0 Å². The van der Waals surface area contributed by atoms with Crippen LogP contribution in [0.25, 0.3) is 5.57 Å². The van der Waals surface area contributed by atoms with E-state index in [1.54, 1.807) is 0 Å². The molecule has 0 unspecified atom stereocenters. The first kappa shape index (κ1) is 14.4. The van der Waals surface area contributed by atoms with E-state index in [0.717, 1.165) is 23.3 Å². The fraction of sp³-hybridized carbons (Fsp3) is 0.375. The quantitative estimate of drug-likeness (QED) is 0.774. The van der Waals surface area contributed by atoms with Crippen molar-refractivity contribution in [2.75, 3.05) is 0 Å². The van der Waals surface area contributed by atoms with Crippen molar-refractivity contribution in [2.45, 2.75) is 38.0 Å². The Hall–Kier alpha value is -1.59. The zero-order valence-electron chi connectivity index (χ0n) is 11.6. The van der Waals surface area contributed by atoms with Gasteiger partial charge in [0.1, 0.15) is 12.2 Å². The van der Waals surface area contributed by atoms with Crippen LogP contribution in [0.3, 0.4) is 0 Å². The highest BCUT2D eigenvalue weighted by molar-refractivity contribution is 5.76. The summed E-state index contributed by atoms with van der Waals surface area (Å²) in [5.74, 6) is -0.647. The lowest BCUT2D eigenvalue weighted by Crippen LogP contribution is -2.20. The second kappa shape index (κ2) is 4.71. The molecule has 2 nitrogen and oxygen atoms in total. The summed E-state index contributed by atoms with van der Waals surface area (Å²) in [4.78, 5) is 0. The molecular weight excluding hydrogens is 281 g/mol. The number of allylic oxidation sites excluding steroid dienone is 2. The minimum Gasteiger partial charge on any atom is -0.340 e. The van der Waals surface area contributed by atoms with Crippen molar-refractivity contribution >= 4 is 5.57 Å². The standard InChI is InChI=1S/C16H15F3O2/c1-15(2)20-13-8-5-11(9-14(13)21-15)10-3-6-12(7-4-10)16(17,18)19/h3-9,13-14H,1-2H3/t13-,14+/m0/s1. The number of rotatable bonds is 1. The molecule has 0 aromatic heterocycles. The molecule has 0 spiro atoms. The van der Waals surface area contributed by atoms with Crippen molar-refractivity contribution in [1.82, 2.24) is 0 Å². The molecule has 1 aliphatic heterocycles. The SMILES string of the molecule is CC1(C)O[C@H]2C=CC(c3ccc(C(F)(F)F)cc3)=C[C@H]2O1. The summed E-state index contributed by atoms with van der Waals surface area (Å²) in [6.07, 6.45) is 0.969. The topological polar surface area (TPSA) is 18.5 Å². The highest BCUT2D eigenvalue weighted by Crippen LogP contribution is 2.35. The predicted octanol–water partition coefficient (Wildman–Crippen LogP) is 4.18. The maximum Gasteiger partial charge on any atom is 0.416 e.